The SMILES string of the molecule is O=[N+]([O-])c1ccc(Br)cc1N(CC1CCCN1)C1CC1. The lowest BCUT2D eigenvalue weighted by molar-refractivity contribution is -0.384. The molecule has 1 N–H and O–H groups in total. The molecule has 6 heteroatoms. The Balaban J connectivity index is 1.89. The third-order valence-corrected chi connectivity index (χ3v) is 4.50. The van der Waals surface area contributed by atoms with Crippen molar-refractivity contribution >= 4 is 27.3 Å². The Hall–Kier alpha value is -1.14. The van der Waals surface area contributed by atoms with E-state index in [0.29, 0.717) is 12.1 Å². The molecule has 5 nitrogen and oxygen atoms in total. The molecule has 0 spiro atoms. The van der Waals surface area contributed by atoms with Crippen molar-refractivity contribution in [1.82, 2.24) is 5.32 Å². The molecule has 2 aliphatic rings. The summed E-state index contributed by atoms with van der Waals surface area (Å²) in [7, 11) is 0. The number of halogens is 1. The van der Waals surface area contributed by atoms with Gasteiger partial charge in [0.1, 0.15) is 5.69 Å². The van der Waals surface area contributed by atoms with E-state index in [1.54, 1.807) is 12.1 Å². The fourth-order valence-corrected chi connectivity index (χ4v) is 3.21. The van der Waals surface area contributed by atoms with E-state index in [9.17, 15) is 10.1 Å². The molecule has 20 heavy (non-hydrogen) atoms. The van der Waals surface area contributed by atoms with E-state index in [2.05, 4.69) is 26.1 Å². The maximum Gasteiger partial charge on any atom is 0.292 e. The second-order valence-electron chi connectivity index (χ2n) is 5.57. The summed E-state index contributed by atoms with van der Waals surface area (Å²) in [5.74, 6) is 0. The third kappa shape index (κ3) is 2.96. The van der Waals surface area contributed by atoms with Gasteiger partial charge in [0, 0.05) is 29.2 Å². The van der Waals surface area contributed by atoms with Gasteiger partial charge in [0.2, 0.25) is 0 Å². The lowest BCUT2D eigenvalue weighted by Gasteiger charge is -2.27. The number of nitrogens with zero attached hydrogens (tertiary/aromatic N) is 2. The van der Waals surface area contributed by atoms with Gasteiger partial charge in [0.05, 0.1) is 4.92 Å². The lowest BCUT2D eigenvalue weighted by Crippen LogP contribution is -2.39. The van der Waals surface area contributed by atoms with Crippen molar-refractivity contribution in [2.24, 2.45) is 0 Å². The summed E-state index contributed by atoms with van der Waals surface area (Å²) >= 11 is 3.43. The van der Waals surface area contributed by atoms with Crippen LogP contribution in [0.1, 0.15) is 25.7 Å². The van der Waals surface area contributed by atoms with E-state index in [1.165, 1.54) is 6.42 Å². The van der Waals surface area contributed by atoms with Gasteiger partial charge >= 0.3 is 0 Å². The smallest absolute Gasteiger partial charge is 0.292 e. The first-order chi connectivity index (χ1) is 9.65. The lowest BCUT2D eigenvalue weighted by atomic mass is 10.1. The van der Waals surface area contributed by atoms with Gasteiger partial charge in [-0.15, -0.1) is 0 Å². The van der Waals surface area contributed by atoms with Crippen LogP contribution in [0.5, 0.6) is 0 Å². The first kappa shape index (κ1) is 13.8. The molecule has 108 valence electrons. The van der Waals surface area contributed by atoms with E-state index in [4.69, 9.17) is 0 Å². The van der Waals surface area contributed by atoms with Crippen molar-refractivity contribution in [1.29, 1.82) is 0 Å². The van der Waals surface area contributed by atoms with Gasteiger partial charge in [-0.2, -0.15) is 0 Å². The molecule has 1 aromatic rings. The fourth-order valence-electron chi connectivity index (χ4n) is 2.86. The highest BCUT2D eigenvalue weighted by atomic mass is 79.9. The molecule has 1 aliphatic carbocycles. The highest BCUT2D eigenvalue weighted by Crippen LogP contribution is 2.38. The van der Waals surface area contributed by atoms with Gasteiger partial charge in [0.15, 0.2) is 0 Å². The van der Waals surface area contributed by atoms with Crippen LogP contribution in [0.15, 0.2) is 22.7 Å². The summed E-state index contributed by atoms with van der Waals surface area (Å²) in [6.45, 7) is 1.92. The van der Waals surface area contributed by atoms with Gasteiger partial charge in [-0.05, 0) is 44.4 Å². The molecule has 3 rings (SSSR count). The number of anilines is 1. The Morgan fingerprint density at radius 2 is 2.20 bits per heavy atom. The van der Waals surface area contributed by atoms with Crippen LogP contribution in [0, 0.1) is 10.1 Å². The molecule has 1 heterocycles. The molecule has 0 bridgehead atoms. The van der Waals surface area contributed by atoms with Crippen molar-refractivity contribution in [3.63, 3.8) is 0 Å². The number of nitro benzene ring substituents is 1. The van der Waals surface area contributed by atoms with Crippen LogP contribution in [0.3, 0.4) is 0 Å². The number of benzene rings is 1. The molecule has 2 fully saturated rings. The molecule has 0 aromatic heterocycles. The number of rotatable bonds is 5. The zero-order chi connectivity index (χ0) is 14.1. The normalized spacial score (nSPS) is 21.9. The van der Waals surface area contributed by atoms with Gasteiger partial charge in [-0.1, -0.05) is 15.9 Å². The summed E-state index contributed by atoms with van der Waals surface area (Å²) in [5.41, 5.74) is 0.957. The Bertz CT molecular complexity index is 513. The first-order valence-electron chi connectivity index (χ1n) is 7.09. The van der Waals surface area contributed by atoms with E-state index in [1.807, 2.05) is 6.07 Å². The highest BCUT2D eigenvalue weighted by molar-refractivity contribution is 9.10. The van der Waals surface area contributed by atoms with Crippen molar-refractivity contribution in [3.05, 3.63) is 32.8 Å². The molecule has 1 atom stereocenters. The second-order valence-corrected chi connectivity index (χ2v) is 6.48. The molecule has 1 aromatic carbocycles. The maximum absolute atomic E-state index is 11.3. The van der Waals surface area contributed by atoms with Gasteiger partial charge in [0.25, 0.3) is 5.69 Å². The van der Waals surface area contributed by atoms with Crippen LogP contribution < -0.4 is 10.2 Å². The van der Waals surface area contributed by atoms with Crippen LogP contribution in [-0.2, 0) is 0 Å². The predicted molar refractivity (Wildman–Crippen MR) is 82.2 cm³/mol. The number of hydrogen-bond donors (Lipinski definition) is 1. The Morgan fingerprint density at radius 1 is 1.40 bits per heavy atom. The molecular formula is C14H18BrN3O2. The Morgan fingerprint density at radius 3 is 2.80 bits per heavy atom. The minimum Gasteiger partial charge on any atom is -0.361 e. The quantitative estimate of drug-likeness (QED) is 0.661. The fraction of sp³-hybridized carbons (Fsp3) is 0.571. The molecule has 1 aliphatic heterocycles. The standard InChI is InChI=1S/C14H18BrN3O2/c15-10-3-6-13(18(19)20)14(8-10)17(12-4-5-12)9-11-2-1-7-16-11/h3,6,8,11-12,16H,1-2,4-5,7,9H2. The van der Waals surface area contributed by atoms with Gasteiger partial charge in [-0.25, -0.2) is 0 Å². The summed E-state index contributed by atoms with van der Waals surface area (Å²) < 4.78 is 0.892. The van der Waals surface area contributed by atoms with E-state index >= 15 is 0 Å². The van der Waals surface area contributed by atoms with Crippen molar-refractivity contribution in [2.45, 2.75) is 37.8 Å². The van der Waals surface area contributed by atoms with Crippen molar-refractivity contribution in [3.8, 4) is 0 Å². The summed E-state index contributed by atoms with van der Waals surface area (Å²) in [5, 5.41) is 14.7. The topological polar surface area (TPSA) is 58.4 Å². The Kier molecular flexibility index (Phi) is 3.94. The largest absolute Gasteiger partial charge is 0.361 e. The first-order valence-corrected chi connectivity index (χ1v) is 7.88. The van der Waals surface area contributed by atoms with Crippen LogP contribution in [-0.4, -0.2) is 30.1 Å². The zero-order valence-electron chi connectivity index (χ0n) is 11.2. The van der Waals surface area contributed by atoms with E-state index in [-0.39, 0.29) is 10.6 Å². The molecule has 1 unspecified atom stereocenters. The maximum atomic E-state index is 11.3. The van der Waals surface area contributed by atoms with E-state index < -0.39 is 0 Å². The molecule has 0 amide bonds. The van der Waals surface area contributed by atoms with Gasteiger partial charge in [-0.3, -0.25) is 10.1 Å². The second kappa shape index (κ2) is 5.69. The summed E-state index contributed by atoms with van der Waals surface area (Å²) in [4.78, 5) is 13.2. The van der Waals surface area contributed by atoms with Crippen LogP contribution in [0.4, 0.5) is 11.4 Å². The average Bonchev–Trinajstić information content (AvgIpc) is 3.12. The zero-order valence-corrected chi connectivity index (χ0v) is 12.8. The average molecular weight is 340 g/mol. The van der Waals surface area contributed by atoms with Crippen molar-refractivity contribution in [2.75, 3.05) is 18.0 Å². The number of hydrogen-bond acceptors (Lipinski definition) is 4. The number of nitro groups is 1. The minimum absolute atomic E-state index is 0.207. The van der Waals surface area contributed by atoms with Crippen LogP contribution in [0.2, 0.25) is 0 Å². The third-order valence-electron chi connectivity index (χ3n) is 4.01. The highest BCUT2D eigenvalue weighted by Gasteiger charge is 2.34. The van der Waals surface area contributed by atoms with Gasteiger partial charge < -0.3 is 10.2 Å². The molecule has 1 saturated heterocycles. The van der Waals surface area contributed by atoms with E-state index in [0.717, 1.165) is 42.5 Å². The Labute approximate surface area is 126 Å². The molecule has 1 saturated carbocycles. The summed E-state index contributed by atoms with van der Waals surface area (Å²) in [6.07, 6.45) is 4.63. The monoisotopic (exact) mass is 339 g/mol. The molecule has 0 radical (unpaired) electrons. The van der Waals surface area contributed by atoms with Crippen LogP contribution >= 0.6 is 15.9 Å². The molecular weight excluding hydrogens is 322 g/mol. The minimum atomic E-state index is -0.279. The predicted octanol–water partition coefficient (Wildman–Crippen LogP) is 3.08. The number of nitrogens with one attached hydrogen (secondary N) is 1. The van der Waals surface area contributed by atoms with Crippen molar-refractivity contribution < 1.29 is 4.92 Å². The summed E-state index contributed by atoms with van der Waals surface area (Å²) in [6, 6.07) is 6.13. The van der Waals surface area contributed by atoms with Crippen LogP contribution in [0.25, 0.3) is 0 Å².